The van der Waals surface area contributed by atoms with Gasteiger partial charge in [0, 0.05) is 23.5 Å². The smallest absolute Gasteiger partial charge is 0.126 e. The summed E-state index contributed by atoms with van der Waals surface area (Å²) in [6.07, 6.45) is 3.86. The van der Waals surface area contributed by atoms with Gasteiger partial charge in [0.05, 0.1) is 16.8 Å². The Bertz CT molecular complexity index is 2890. The fourth-order valence-electron chi connectivity index (χ4n) is 8.88. The average molecular weight is 704 g/mol. The standard InChI is InChI=1S/C52H37N3/c1-34-33-53-30-29-42(34)45-22-12-24-48-51(45)46-20-8-9-23-47(46)52(48,40-16-4-3-5-17-40)41-18-10-15-39(31-41)50-32-49(54-35(2)55-50)38-27-25-37(26-28-38)44-21-11-14-36-13-6-7-19-43(36)44/h3-33H,1-2H3. The molecule has 2 heterocycles. The Balaban J connectivity index is 1.12. The molecule has 9 aromatic rings. The van der Waals surface area contributed by atoms with Crippen LogP contribution in [0.4, 0.5) is 0 Å². The minimum absolute atomic E-state index is 0.553. The number of aromatic nitrogens is 3. The van der Waals surface area contributed by atoms with Crippen LogP contribution in [0.1, 0.15) is 33.6 Å². The number of nitrogens with zero attached hydrogens (tertiary/aromatic N) is 3. The maximum absolute atomic E-state index is 5.03. The third-order valence-corrected chi connectivity index (χ3v) is 11.3. The summed E-state index contributed by atoms with van der Waals surface area (Å²) >= 11 is 0. The topological polar surface area (TPSA) is 38.7 Å². The first-order valence-electron chi connectivity index (χ1n) is 18.8. The van der Waals surface area contributed by atoms with Crippen molar-refractivity contribution in [2.24, 2.45) is 0 Å². The Kier molecular flexibility index (Phi) is 7.81. The first kappa shape index (κ1) is 32.7. The predicted molar refractivity (Wildman–Crippen MR) is 226 cm³/mol. The van der Waals surface area contributed by atoms with Gasteiger partial charge in [-0.2, -0.15) is 0 Å². The molecule has 0 saturated heterocycles. The van der Waals surface area contributed by atoms with E-state index in [1.54, 1.807) is 0 Å². The minimum Gasteiger partial charge on any atom is -0.264 e. The van der Waals surface area contributed by atoms with Gasteiger partial charge in [-0.1, -0.05) is 158 Å². The normalized spacial score (nSPS) is 14.4. The summed E-state index contributed by atoms with van der Waals surface area (Å²) in [6, 6.07) is 63.8. The van der Waals surface area contributed by atoms with Gasteiger partial charge in [0.2, 0.25) is 0 Å². The van der Waals surface area contributed by atoms with Crippen molar-refractivity contribution in [3.63, 3.8) is 0 Å². The first-order valence-corrected chi connectivity index (χ1v) is 18.8. The molecule has 55 heavy (non-hydrogen) atoms. The van der Waals surface area contributed by atoms with E-state index in [1.165, 1.54) is 66.4 Å². The van der Waals surface area contributed by atoms with Crippen molar-refractivity contribution in [3.8, 4) is 55.9 Å². The highest BCUT2D eigenvalue weighted by Gasteiger charge is 2.47. The van der Waals surface area contributed by atoms with Gasteiger partial charge in [-0.15, -0.1) is 0 Å². The summed E-state index contributed by atoms with van der Waals surface area (Å²) in [7, 11) is 0. The molecule has 1 aliphatic rings. The molecule has 1 atom stereocenters. The highest BCUT2D eigenvalue weighted by Crippen LogP contribution is 2.58. The van der Waals surface area contributed by atoms with Gasteiger partial charge in [0.1, 0.15) is 5.82 Å². The summed E-state index contributed by atoms with van der Waals surface area (Å²) in [5.74, 6) is 0.739. The Morgan fingerprint density at radius 1 is 0.436 bits per heavy atom. The molecule has 3 nitrogen and oxygen atoms in total. The van der Waals surface area contributed by atoms with E-state index in [0.717, 1.165) is 33.9 Å². The highest BCUT2D eigenvalue weighted by atomic mass is 14.9. The van der Waals surface area contributed by atoms with Gasteiger partial charge in [-0.25, -0.2) is 9.97 Å². The molecule has 260 valence electrons. The number of rotatable bonds is 6. The Morgan fingerprint density at radius 2 is 1.07 bits per heavy atom. The van der Waals surface area contributed by atoms with E-state index >= 15 is 0 Å². The van der Waals surface area contributed by atoms with Crippen LogP contribution < -0.4 is 0 Å². The molecule has 0 saturated carbocycles. The van der Waals surface area contributed by atoms with Crippen molar-refractivity contribution >= 4 is 10.8 Å². The second-order valence-corrected chi connectivity index (χ2v) is 14.5. The number of fused-ring (bicyclic) bond motifs is 4. The van der Waals surface area contributed by atoms with Crippen LogP contribution in [0.2, 0.25) is 0 Å². The Hall–Kier alpha value is -6.97. The molecular weight excluding hydrogens is 667 g/mol. The van der Waals surface area contributed by atoms with Gasteiger partial charge in [-0.3, -0.25) is 4.98 Å². The van der Waals surface area contributed by atoms with Crippen molar-refractivity contribution in [2.75, 3.05) is 0 Å². The van der Waals surface area contributed by atoms with Crippen LogP contribution in [-0.2, 0) is 5.41 Å². The number of pyridine rings is 1. The van der Waals surface area contributed by atoms with E-state index in [9.17, 15) is 0 Å². The molecule has 3 heteroatoms. The van der Waals surface area contributed by atoms with Crippen LogP contribution in [0.15, 0.2) is 188 Å². The fourth-order valence-corrected chi connectivity index (χ4v) is 8.88. The Morgan fingerprint density at radius 3 is 1.93 bits per heavy atom. The SMILES string of the molecule is Cc1nc(-c2ccc(-c3cccc4ccccc34)cc2)cc(-c2cccc(C3(c4ccccc4)c4ccccc4-c4c(-c5ccncc5C)cccc43)c2)n1. The maximum Gasteiger partial charge on any atom is 0.126 e. The van der Waals surface area contributed by atoms with Crippen LogP contribution in [0, 0.1) is 13.8 Å². The largest absolute Gasteiger partial charge is 0.264 e. The number of hydrogen-bond donors (Lipinski definition) is 0. The fraction of sp³-hybridized carbons (Fsp3) is 0.0577. The highest BCUT2D eigenvalue weighted by molar-refractivity contribution is 5.97. The summed E-state index contributed by atoms with van der Waals surface area (Å²) in [5.41, 5.74) is 16.9. The van der Waals surface area contributed by atoms with Gasteiger partial charge >= 0.3 is 0 Å². The average Bonchev–Trinajstić information content (AvgIpc) is 3.55. The summed E-state index contributed by atoms with van der Waals surface area (Å²) in [4.78, 5) is 14.4. The van der Waals surface area contributed by atoms with Gasteiger partial charge in [0.15, 0.2) is 0 Å². The molecule has 0 spiro atoms. The lowest BCUT2D eigenvalue weighted by Crippen LogP contribution is -2.28. The van der Waals surface area contributed by atoms with E-state index in [-0.39, 0.29) is 0 Å². The molecular formula is C52H37N3. The number of aryl methyl sites for hydroxylation is 2. The van der Waals surface area contributed by atoms with Gasteiger partial charge < -0.3 is 0 Å². The van der Waals surface area contributed by atoms with E-state index in [0.29, 0.717) is 0 Å². The van der Waals surface area contributed by atoms with E-state index in [4.69, 9.17) is 9.97 Å². The molecule has 1 unspecified atom stereocenters. The molecule has 0 fully saturated rings. The minimum atomic E-state index is -0.553. The summed E-state index contributed by atoms with van der Waals surface area (Å²) < 4.78 is 0. The molecule has 7 aromatic carbocycles. The molecule has 2 aromatic heterocycles. The van der Waals surface area contributed by atoms with Crippen molar-refractivity contribution in [1.82, 2.24) is 15.0 Å². The lowest BCUT2D eigenvalue weighted by Gasteiger charge is -2.34. The summed E-state index contributed by atoms with van der Waals surface area (Å²) in [6.45, 7) is 4.13. The third kappa shape index (κ3) is 5.31. The monoisotopic (exact) mass is 703 g/mol. The molecule has 0 amide bonds. The lowest BCUT2D eigenvalue weighted by atomic mass is 9.67. The van der Waals surface area contributed by atoms with E-state index < -0.39 is 5.41 Å². The zero-order valence-corrected chi connectivity index (χ0v) is 30.7. The van der Waals surface area contributed by atoms with Crippen molar-refractivity contribution < 1.29 is 0 Å². The van der Waals surface area contributed by atoms with Crippen molar-refractivity contribution in [1.29, 1.82) is 0 Å². The molecule has 0 aliphatic heterocycles. The molecule has 0 N–H and O–H groups in total. The Labute approximate surface area is 321 Å². The molecule has 0 bridgehead atoms. The zero-order chi connectivity index (χ0) is 36.9. The zero-order valence-electron chi connectivity index (χ0n) is 30.7. The second kappa shape index (κ2) is 13.2. The van der Waals surface area contributed by atoms with Crippen LogP contribution in [0.25, 0.3) is 66.7 Å². The number of hydrogen-bond acceptors (Lipinski definition) is 3. The second-order valence-electron chi connectivity index (χ2n) is 14.5. The molecule has 1 aliphatic carbocycles. The third-order valence-electron chi connectivity index (χ3n) is 11.3. The number of benzene rings is 7. The van der Waals surface area contributed by atoms with Gasteiger partial charge in [0.25, 0.3) is 0 Å². The lowest BCUT2D eigenvalue weighted by molar-refractivity contribution is 0.769. The van der Waals surface area contributed by atoms with Crippen LogP contribution >= 0.6 is 0 Å². The van der Waals surface area contributed by atoms with E-state index in [2.05, 4.69) is 188 Å². The van der Waals surface area contributed by atoms with Crippen molar-refractivity contribution in [2.45, 2.75) is 19.3 Å². The quantitative estimate of drug-likeness (QED) is 0.173. The van der Waals surface area contributed by atoms with E-state index in [1.807, 2.05) is 19.3 Å². The summed E-state index contributed by atoms with van der Waals surface area (Å²) in [5, 5.41) is 2.49. The molecule has 0 radical (unpaired) electrons. The predicted octanol–water partition coefficient (Wildman–Crippen LogP) is 12.7. The van der Waals surface area contributed by atoms with Gasteiger partial charge in [-0.05, 0) is 104 Å². The van der Waals surface area contributed by atoms with Crippen LogP contribution in [-0.4, -0.2) is 15.0 Å². The van der Waals surface area contributed by atoms with Crippen LogP contribution in [0.5, 0.6) is 0 Å². The van der Waals surface area contributed by atoms with Crippen LogP contribution in [0.3, 0.4) is 0 Å². The first-order chi connectivity index (χ1) is 27.1. The van der Waals surface area contributed by atoms with Crippen molar-refractivity contribution in [3.05, 3.63) is 222 Å². The maximum atomic E-state index is 5.03. The molecule has 10 rings (SSSR count).